The molecule has 0 saturated heterocycles. The molecule has 12 nitrogen and oxygen atoms in total. The first-order chi connectivity index (χ1) is 19.3. The zero-order valence-corrected chi connectivity index (χ0v) is 35.9. The van der Waals surface area contributed by atoms with E-state index >= 15 is 0 Å². The summed E-state index contributed by atoms with van der Waals surface area (Å²) in [5, 5.41) is 0. The van der Waals surface area contributed by atoms with Gasteiger partial charge in [-0.2, -0.15) is 0 Å². The molecule has 0 spiro atoms. The second-order valence-electron chi connectivity index (χ2n) is 9.24. The maximum Gasteiger partial charge on any atom is 0.243 e. The van der Waals surface area contributed by atoms with Crippen molar-refractivity contribution in [2.75, 3.05) is 54.9 Å². The Hall–Kier alpha value is -0.400. The van der Waals surface area contributed by atoms with Gasteiger partial charge in [0.05, 0.1) is 54.6 Å². The van der Waals surface area contributed by atoms with E-state index in [1.807, 2.05) is 121 Å². The summed E-state index contributed by atoms with van der Waals surface area (Å²) in [5.41, 5.74) is 0. The Morgan fingerprint density at radius 1 is 0.386 bits per heavy atom. The highest BCUT2D eigenvalue weighted by Gasteiger charge is 1.99. The van der Waals surface area contributed by atoms with Crippen LogP contribution in [0.1, 0.15) is 0 Å². The van der Waals surface area contributed by atoms with Gasteiger partial charge in [-0.3, -0.25) is 0 Å². The average molecular weight is 1070 g/mol. The first-order valence-corrected chi connectivity index (χ1v) is 13.3. The lowest BCUT2D eigenvalue weighted by Crippen LogP contribution is -3.00. The maximum absolute atomic E-state index is 4.92. The standard InChI is InChI=1S/4C7H13N2O.4HI/c4*1-8-3-4-9(7-8)5-6-10-2;;;;/h4*3-4,7H,5-6H2,1-2H3;4*1H/q4*+1;;;;/p-4. The van der Waals surface area contributed by atoms with Crippen molar-refractivity contribution in [1.29, 1.82) is 0 Å². The van der Waals surface area contributed by atoms with Gasteiger partial charge in [0.1, 0.15) is 75.8 Å². The normalized spacial score (nSPS) is 9.27. The number of aryl methyl sites for hydroxylation is 4. The average Bonchev–Trinajstić information content (AvgIpc) is 3.75. The predicted octanol–water partition coefficient (Wildman–Crippen LogP) is -12.1. The second-order valence-corrected chi connectivity index (χ2v) is 9.24. The third-order valence-corrected chi connectivity index (χ3v) is 5.51. The molecule has 0 unspecified atom stereocenters. The van der Waals surface area contributed by atoms with Gasteiger partial charge in [0.2, 0.25) is 25.3 Å². The van der Waals surface area contributed by atoms with Gasteiger partial charge in [-0.15, -0.1) is 0 Å². The Balaban J connectivity index is -0.000000235. The van der Waals surface area contributed by atoms with Crippen LogP contribution in [0.5, 0.6) is 0 Å². The van der Waals surface area contributed by atoms with E-state index in [-0.39, 0.29) is 95.9 Å². The summed E-state index contributed by atoms with van der Waals surface area (Å²) in [6.45, 7) is 6.80. The van der Waals surface area contributed by atoms with E-state index in [9.17, 15) is 0 Å². The highest BCUT2D eigenvalue weighted by atomic mass is 127. The summed E-state index contributed by atoms with van der Waals surface area (Å²) >= 11 is 0. The van der Waals surface area contributed by atoms with Gasteiger partial charge in [0.15, 0.2) is 0 Å². The maximum atomic E-state index is 4.92. The van der Waals surface area contributed by atoms with E-state index in [0.29, 0.717) is 0 Å². The zero-order chi connectivity index (χ0) is 29.6. The van der Waals surface area contributed by atoms with Gasteiger partial charge in [0, 0.05) is 28.4 Å². The van der Waals surface area contributed by atoms with Crippen LogP contribution in [0.2, 0.25) is 0 Å². The van der Waals surface area contributed by atoms with Gasteiger partial charge in [0.25, 0.3) is 0 Å². The van der Waals surface area contributed by atoms with Crippen molar-refractivity contribution in [2.24, 2.45) is 28.2 Å². The van der Waals surface area contributed by atoms with Crippen LogP contribution >= 0.6 is 0 Å². The molecule has 4 aromatic rings. The fourth-order valence-corrected chi connectivity index (χ4v) is 3.32. The van der Waals surface area contributed by atoms with E-state index in [1.54, 1.807) is 28.4 Å². The van der Waals surface area contributed by atoms with Crippen LogP contribution in [0.4, 0.5) is 0 Å². The quantitative estimate of drug-likeness (QED) is 0.105. The molecule has 4 heterocycles. The molecule has 0 radical (unpaired) electrons. The third kappa shape index (κ3) is 25.8. The lowest BCUT2D eigenvalue weighted by atomic mass is 10.7. The molecular formula is C28H52I4N8O4. The Kier molecular flexibility index (Phi) is 37.3. The SMILES string of the molecule is COCCn1cc[n+](C)c1.COCCn1cc[n+](C)c1.COCCn1cc[n+](C)c1.COCCn1cc[n+](C)c1.[I-].[I-].[I-].[I-]. The fraction of sp³-hybridized carbons (Fsp3) is 0.571. The summed E-state index contributed by atoms with van der Waals surface area (Å²) in [4.78, 5) is 0. The van der Waals surface area contributed by atoms with E-state index < -0.39 is 0 Å². The molecule has 0 amide bonds. The van der Waals surface area contributed by atoms with Crippen molar-refractivity contribution in [1.82, 2.24) is 18.3 Å². The van der Waals surface area contributed by atoms with E-state index in [1.165, 1.54) is 0 Å². The van der Waals surface area contributed by atoms with Gasteiger partial charge >= 0.3 is 0 Å². The topological polar surface area (TPSA) is 72.2 Å². The molecule has 0 aliphatic heterocycles. The zero-order valence-electron chi connectivity index (χ0n) is 27.3. The van der Waals surface area contributed by atoms with E-state index in [4.69, 9.17) is 18.9 Å². The largest absolute Gasteiger partial charge is 1.00 e. The summed E-state index contributed by atoms with van der Waals surface area (Å²) in [7, 11) is 14.9. The Morgan fingerprint density at radius 2 is 0.568 bits per heavy atom. The summed E-state index contributed by atoms with van der Waals surface area (Å²) in [6, 6.07) is 0. The van der Waals surface area contributed by atoms with Crippen LogP contribution in [-0.4, -0.2) is 73.1 Å². The first kappa shape index (κ1) is 50.5. The third-order valence-electron chi connectivity index (χ3n) is 5.51. The monoisotopic (exact) mass is 1070 g/mol. The number of nitrogens with zero attached hydrogens (tertiary/aromatic N) is 8. The molecule has 0 fully saturated rings. The number of hydrogen-bond donors (Lipinski definition) is 0. The molecule has 16 heteroatoms. The van der Waals surface area contributed by atoms with Crippen molar-refractivity contribution in [3.63, 3.8) is 0 Å². The highest BCUT2D eigenvalue weighted by molar-refractivity contribution is 4.67. The Labute approximate surface area is 332 Å². The predicted molar refractivity (Wildman–Crippen MR) is 150 cm³/mol. The number of halogens is 4. The fourth-order valence-electron chi connectivity index (χ4n) is 3.32. The van der Waals surface area contributed by atoms with Crippen LogP contribution in [-0.2, 0) is 73.3 Å². The lowest BCUT2D eigenvalue weighted by Gasteiger charge is -1.92. The van der Waals surface area contributed by atoms with E-state index in [0.717, 1.165) is 52.6 Å². The highest BCUT2D eigenvalue weighted by Crippen LogP contribution is 1.85. The summed E-state index contributed by atoms with van der Waals surface area (Å²) < 4.78 is 36.1. The molecule has 4 rings (SSSR count). The lowest BCUT2D eigenvalue weighted by molar-refractivity contribution is -0.671. The van der Waals surface area contributed by atoms with Crippen LogP contribution in [0.15, 0.2) is 74.9 Å². The van der Waals surface area contributed by atoms with Crippen LogP contribution in [0.3, 0.4) is 0 Å². The van der Waals surface area contributed by atoms with Crippen LogP contribution in [0, 0.1) is 0 Å². The molecular weight excluding hydrogens is 1020 g/mol. The minimum atomic E-state index is 0. The minimum Gasteiger partial charge on any atom is -1.00 e. The first-order valence-electron chi connectivity index (χ1n) is 13.3. The summed E-state index contributed by atoms with van der Waals surface area (Å²) in [6.07, 6.45) is 24.3. The molecule has 0 N–H and O–H groups in total. The van der Waals surface area contributed by atoms with Gasteiger partial charge in [-0.05, 0) is 0 Å². The molecule has 0 aliphatic rings. The minimum absolute atomic E-state index is 0. The van der Waals surface area contributed by atoms with E-state index in [2.05, 4.69) is 18.3 Å². The second kappa shape index (κ2) is 32.5. The van der Waals surface area contributed by atoms with Crippen molar-refractivity contribution >= 4 is 0 Å². The molecule has 256 valence electrons. The van der Waals surface area contributed by atoms with Crippen LogP contribution in [0.25, 0.3) is 0 Å². The van der Waals surface area contributed by atoms with Crippen LogP contribution < -0.4 is 114 Å². The Bertz CT molecular complexity index is 977. The van der Waals surface area contributed by atoms with Gasteiger partial charge < -0.3 is 115 Å². The van der Waals surface area contributed by atoms with Gasteiger partial charge in [-0.25, -0.2) is 36.5 Å². The number of aromatic nitrogens is 8. The smallest absolute Gasteiger partial charge is 0.243 e. The molecule has 4 aromatic heterocycles. The molecule has 0 bridgehead atoms. The number of ether oxygens (including phenoxy) is 4. The number of imidazole rings is 4. The molecule has 0 saturated carbocycles. The molecule has 0 aliphatic carbocycles. The number of hydrogen-bond acceptors (Lipinski definition) is 4. The molecule has 44 heavy (non-hydrogen) atoms. The van der Waals surface area contributed by atoms with Crippen molar-refractivity contribution in [3.05, 3.63) is 74.9 Å². The molecule has 0 aromatic carbocycles. The Morgan fingerprint density at radius 3 is 0.682 bits per heavy atom. The summed E-state index contributed by atoms with van der Waals surface area (Å²) in [5.74, 6) is 0. The van der Waals surface area contributed by atoms with Crippen molar-refractivity contribution in [2.45, 2.75) is 26.2 Å². The number of rotatable bonds is 12. The van der Waals surface area contributed by atoms with Gasteiger partial charge in [-0.1, -0.05) is 0 Å². The van der Waals surface area contributed by atoms with Crippen molar-refractivity contribution in [3.8, 4) is 0 Å². The van der Waals surface area contributed by atoms with Crippen molar-refractivity contribution < 1.29 is 133 Å². The molecule has 0 atom stereocenters. The number of methoxy groups -OCH3 is 4.